The highest BCUT2D eigenvalue weighted by atomic mass is 32.2. The summed E-state index contributed by atoms with van der Waals surface area (Å²) in [5, 5.41) is 0. The third-order valence-corrected chi connectivity index (χ3v) is 5.06. The lowest BCUT2D eigenvalue weighted by atomic mass is 9.97. The molecule has 0 saturated heterocycles. The van der Waals surface area contributed by atoms with Gasteiger partial charge in [-0.25, -0.2) is 8.42 Å². The van der Waals surface area contributed by atoms with Crippen LogP contribution >= 0.6 is 0 Å². The molecule has 0 aliphatic carbocycles. The largest absolute Gasteiger partial charge is 0.398 e. The van der Waals surface area contributed by atoms with Crippen LogP contribution in [0.25, 0.3) is 0 Å². The Kier molecular flexibility index (Phi) is 3.37. The van der Waals surface area contributed by atoms with Gasteiger partial charge in [0.1, 0.15) is 0 Å². The summed E-state index contributed by atoms with van der Waals surface area (Å²) in [5.74, 6) is 0. The van der Waals surface area contributed by atoms with Crippen molar-refractivity contribution in [2.45, 2.75) is 17.9 Å². The Morgan fingerprint density at radius 1 is 1.10 bits per heavy atom. The molecule has 21 heavy (non-hydrogen) atoms. The molecule has 4 nitrogen and oxygen atoms in total. The van der Waals surface area contributed by atoms with Gasteiger partial charge in [-0.2, -0.15) is 0 Å². The summed E-state index contributed by atoms with van der Waals surface area (Å²) in [6.07, 6.45) is 2.14. The molecular formula is C16H18N2O2S. The highest BCUT2D eigenvalue weighted by molar-refractivity contribution is 7.90. The van der Waals surface area contributed by atoms with Crippen LogP contribution in [0.1, 0.15) is 11.1 Å². The zero-order valence-corrected chi connectivity index (χ0v) is 12.7. The van der Waals surface area contributed by atoms with Crippen molar-refractivity contribution in [3.05, 3.63) is 53.6 Å². The maximum Gasteiger partial charge on any atom is 0.175 e. The molecule has 5 heteroatoms. The molecule has 110 valence electrons. The minimum atomic E-state index is -3.14. The summed E-state index contributed by atoms with van der Waals surface area (Å²) in [5.41, 5.74) is 10.4. The fourth-order valence-electron chi connectivity index (χ4n) is 2.76. The van der Waals surface area contributed by atoms with Gasteiger partial charge in [0, 0.05) is 30.7 Å². The average molecular weight is 302 g/mol. The minimum Gasteiger partial charge on any atom is -0.398 e. The van der Waals surface area contributed by atoms with Gasteiger partial charge >= 0.3 is 0 Å². The van der Waals surface area contributed by atoms with E-state index in [0.29, 0.717) is 4.90 Å². The SMILES string of the molecule is CS(=O)(=O)c1ccc(N2CCc3c(N)cccc3C2)cc1. The Morgan fingerprint density at radius 2 is 1.81 bits per heavy atom. The van der Waals surface area contributed by atoms with E-state index in [1.807, 2.05) is 24.3 Å². The number of nitrogens with two attached hydrogens (primary N) is 1. The fraction of sp³-hybridized carbons (Fsp3) is 0.250. The lowest BCUT2D eigenvalue weighted by Crippen LogP contribution is -2.30. The van der Waals surface area contributed by atoms with Gasteiger partial charge in [-0.1, -0.05) is 12.1 Å². The Bertz CT molecular complexity index is 767. The molecule has 0 amide bonds. The predicted molar refractivity (Wildman–Crippen MR) is 85.2 cm³/mol. The van der Waals surface area contributed by atoms with Gasteiger partial charge in [-0.15, -0.1) is 0 Å². The van der Waals surface area contributed by atoms with Crippen LogP contribution in [0.4, 0.5) is 11.4 Å². The average Bonchev–Trinajstić information content (AvgIpc) is 2.46. The molecule has 0 aromatic heterocycles. The number of nitrogens with zero attached hydrogens (tertiary/aromatic N) is 1. The topological polar surface area (TPSA) is 63.4 Å². The summed E-state index contributed by atoms with van der Waals surface area (Å²) < 4.78 is 23.0. The second kappa shape index (κ2) is 5.07. The van der Waals surface area contributed by atoms with Crippen molar-refractivity contribution in [2.75, 3.05) is 23.4 Å². The van der Waals surface area contributed by atoms with Gasteiger partial charge in [0.05, 0.1) is 4.90 Å². The van der Waals surface area contributed by atoms with Crippen molar-refractivity contribution >= 4 is 21.2 Å². The van der Waals surface area contributed by atoms with Gasteiger partial charge < -0.3 is 10.6 Å². The molecule has 1 aliphatic heterocycles. The molecule has 0 spiro atoms. The van der Waals surface area contributed by atoms with Crippen LogP contribution in [-0.2, 0) is 22.8 Å². The summed E-state index contributed by atoms with van der Waals surface area (Å²) in [4.78, 5) is 2.60. The zero-order valence-electron chi connectivity index (χ0n) is 11.9. The Morgan fingerprint density at radius 3 is 2.48 bits per heavy atom. The van der Waals surface area contributed by atoms with Crippen molar-refractivity contribution in [1.29, 1.82) is 0 Å². The van der Waals surface area contributed by atoms with Crippen LogP contribution in [0.3, 0.4) is 0 Å². The monoisotopic (exact) mass is 302 g/mol. The quantitative estimate of drug-likeness (QED) is 0.864. The van der Waals surface area contributed by atoms with E-state index in [-0.39, 0.29) is 0 Å². The molecule has 0 radical (unpaired) electrons. The molecule has 0 atom stereocenters. The van der Waals surface area contributed by atoms with Gasteiger partial charge in [0.2, 0.25) is 0 Å². The maximum atomic E-state index is 11.5. The first-order valence-electron chi connectivity index (χ1n) is 6.86. The Labute approximate surface area is 125 Å². The van der Waals surface area contributed by atoms with E-state index >= 15 is 0 Å². The minimum absolute atomic E-state index is 0.355. The van der Waals surface area contributed by atoms with Crippen LogP contribution in [0, 0.1) is 0 Å². The molecule has 2 N–H and O–H groups in total. The fourth-order valence-corrected chi connectivity index (χ4v) is 3.39. The van der Waals surface area contributed by atoms with Gasteiger partial charge in [0.15, 0.2) is 9.84 Å². The molecular weight excluding hydrogens is 284 g/mol. The van der Waals surface area contributed by atoms with Crippen molar-refractivity contribution in [1.82, 2.24) is 0 Å². The smallest absolute Gasteiger partial charge is 0.175 e. The van der Waals surface area contributed by atoms with E-state index in [1.54, 1.807) is 12.1 Å². The van der Waals surface area contributed by atoms with Crippen LogP contribution in [-0.4, -0.2) is 21.2 Å². The third kappa shape index (κ3) is 2.74. The normalized spacial score (nSPS) is 14.8. The molecule has 1 aliphatic rings. The third-order valence-electron chi connectivity index (χ3n) is 3.93. The summed E-state index contributed by atoms with van der Waals surface area (Å²) in [6, 6.07) is 13.1. The first-order chi connectivity index (χ1) is 9.95. The number of fused-ring (bicyclic) bond motifs is 1. The van der Waals surface area contributed by atoms with E-state index in [2.05, 4.69) is 11.0 Å². The van der Waals surface area contributed by atoms with Gasteiger partial charge in [-0.05, 0) is 47.9 Å². The molecule has 0 fully saturated rings. The van der Waals surface area contributed by atoms with Crippen LogP contribution < -0.4 is 10.6 Å². The lowest BCUT2D eigenvalue weighted by molar-refractivity contribution is 0.602. The molecule has 0 saturated carbocycles. The number of anilines is 2. The van der Waals surface area contributed by atoms with E-state index in [0.717, 1.165) is 30.9 Å². The molecule has 0 bridgehead atoms. The van der Waals surface area contributed by atoms with Gasteiger partial charge in [0.25, 0.3) is 0 Å². The number of rotatable bonds is 2. The van der Waals surface area contributed by atoms with Crippen LogP contribution in [0.2, 0.25) is 0 Å². The molecule has 1 heterocycles. The van der Waals surface area contributed by atoms with Crippen LogP contribution in [0.15, 0.2) is 47.4 Å². The van der Waals surface area contributed by atoms with E-state index in [4.69, 9.17) is 5.73 Å². The molecule has 3 rings (SSSR count). The predicted octanol–water partition coefficient (Wildman–Crippen LogP) is 2.24. The van der Waals surface area contributed by atoms with Crippen molar-refractivity contribution < 1.29 is 8.42 Å². The highest BCUT2D eigenvalue weighted by Crippen LogP contribution is 2.28. The number of nitrogen functional groups attached to an aromatic ring is 1. The number of hydrogen-bond acceptors (Lipinski definition) is 4. The molecule has 2 aromatic carbocycles. The molecule has 2 aromatic rings. The van der Waals surface area contributed by atoms with E-state index in [9.17, 15) is 8.42 Å². The van der Waals surface area contributed by atoms with Crippen molar-refractivity contribution in [3.8, 4) is 0 Å². The Balaban J connectivity index is 1.86. The van der Waals surface area contributed by atoms with Crippen LogP contribution in [0.5, 0.6) is 0 Å². The first-order valence-corrected chi connectivity index (χ1v) is 8.75. The first kappa shape index (κ1) is 13.9. The van der Waals surface area contributed by atoms with Gasteiger partial charge in [-0.3, -0.25) is 0 Å². The standard InChI is InChI=1S/C16H18N2O2S/c1-21(19,20)14-7-5-13(6-8-14)18-10-9-15-12(11-18)3-2-4-16(15)17/h2-8H,9-11,17H2,1H3. The van der Waals surface area contributed by atoms with E-state index < -0.39 is 9.84 Å². The number of benzene rings is 2. The highest BCUT2D eigenvalue weighted by Gasteiger charge is 2.18. The zero-order chi connectivity index (χ0) is 15.0. The second-order valence-corrected chi connectivity index (χ2v) is 7.44. The number of hydrogen-bond donors (Lipinski definition) is 1. The molecule has 0 unspecified atom stereocenters. The summed E-state index contributed by atoms with van der Waals surface area (Å²) in [7, 11) is -3.14. The lowest BCUT2D eigenvalue weighted by Gasteiger charge is -2.31. The maximum absolute atomic E-state index is 11.5. The van der Waals surface area contributed by atoms with E-state index in [1.165, 1.54) is 17.4 Å². The summed E-state index contributed by atoms with van der Waals surface area (Å²) >= 11 is 0. The Hall–Kier alpha value is -2.01. The number of sulfone groups is 1. The van der Waals surface area contributed by atoms with Crippen molar-refractivity contribution in [2.24, 2.45) is 0 Å². The second-order valence-electron chi connectivity index (χ2n) is 5.42. The van der Waals surface area contributed by atoms with Crippen molar-refractivity contribution in [3.63, 3.8) is 0 Å². The summed E-state index contributed by atoms with van der Waals surface area (Å²) in [6.45, 7) is 1.69.